The molecule has 0 amide bonds. The first-order valence-electron chi connectivity index (χ1n) is 4.89. The van der Waals surface area contributed by atoms with Crippen LogP contribution in [0.15, 0.2) is 5.57 Å². The maximum atomic E-state index is 11.1. The molecule has 1 aromatic rings. The molecule has 0 atom stereocenters. The first-order valence-corrected chi connectivity index (χ1v) is 4.89. The molecule has 5 nitrogen and oxygen atoms in total. The van der Waals surface area contributed by atoms with Crippen LogP contribution in [0.4, 0.5) is 5.95 Å². The first-order chi connectivity index (χ1) is 7.13. The number of carboxylic acid groups (broad SMARTS) is 1. The Hall–Kier alpha value is -1.78. The molecular weight excluding hydrogens is 194 g/mol. The SMILES string of the molecule is CCc1nc2n(c1C(=O)O)C=C(C)CN2. The van der Waals surface area contributed by atoms with Crippen LogP contribution in [0, 0.1) is 0 Å². The molecule has 0 aromatic carbocycles. The number of fused-ring (bicyclic) bond motifs is 1. The molecule has 15 heavy (non-hydrogen) atoms. The smallest absolute Gasteiger partial charge is 0.354 e. The molecule has 0 aliphatic carbocycles. The molecule has 2 rings (SSSR count). The average molecular weight is 207 g/mol. The van der Waals surface area contributed by atoms with Crippen LogP contribution in [0.1, 0.15) is 30.0 Å². The second kappa shape index (κ2) is 3.42. The topological polar surface area (TPSA) is 67.2 Å². The lowest BCUT2D eigenvalue weighted by Gasteiger charge is -2.14. The highest BCUT2D eigenvalue weighted by Crippen LogP contribution is 2.21. The number of nitrogens with one attached hydrogen (secondary N) is 1. The lowest BCUT2D eigenvalue weighted by molar-refractivity contribution is 0.0687. The van der Waals surface area contributed by atoms with Gasteiger partial charge in [0.2, 0.25) is 5.95 Å². The summed E-state index contributed by atoms with van der Waals surface area (Å²) < 4.78 is 1.61. The Morgan fingerprint density at radius 1 is 1.73 bits per heavy atom. The first kappa shape index (κ1) is 9.76. The van der Waals surface area contributed by atoms with Gasteiger partial charge in [0.25, 0.3) is 0 Å². The van der Waals surface area contributed by atoms with Gasteiger partial charge in [-0.25, -0.2) is 9.78 Å². The minimum absolute atomic E-state index is 0.263. The highest BCUT2D eigenvalue weighted by molar-refractivity contribution is 5.89. The van der Waals surface area contributed by atoms with Crippen molar-refractivity contribution in [3.8, 4) is 0 Å². The maximum Gasteiger partial charge on any atom is 0.354 e. The Balaban J connectivity index is 2.62. The van der Waals surface area contributed by atoms with E-state index in [1.165, 1.54) is 0 Å². The quantitative estimate of drug-likeness (QED) is 0.769. The Morgan fingerprint density at radius 3 is 3.07 bits per heavy atom. The van der Waals surface area contributed by atoms with E-state index >= 15 is 0 Å². The summed E-state index contributed by atoms with van der Waals surface area (Å²) in [6.07, 6.45) is 2.44. The van der Waals surface area contributed by atoms with Crippen molar-refractivity contribution in [2.24, 2.45) is 0 Å². The van der Waals surface area contributed by atoms with Gasteiger partial charge in [-0.15, -0.1) is 0 Å². The molecule has 0 unspecified atom stereocenters. The van der Waals surface area contributed by atoms with E-state index in [1.54, 1.807) is 4.57 Å². The molecule has 80 valence electrons. The van der Waals surface area contributed by atoms with Crippen LogP contribution in [0.2, 0.25) is 0 Å². The zero-order valence-corrected chi connectivity index (χ0v) is 8.74. The number of carboxylic acids is 1. The Labute approximate surface area is 87.4 Å². The minimum Gasteiger partial charge on any atom is -0.477 e. The van der Waals surface area contributed by atoms with Crippen LogP contribution in [-0.4, -0.2) is 27.2 Å². The summed E-state index contributed by atoms with van der Waals surface area (Å²) in [5.41, 5.74) is 1.97. The van der Waals surface area contributed by atoms with Gasteiger partial charge in [0.15, 0.2) is 5.69 Å². The highest BCUT2D eigenvalue weighted by Gasteiger charge is 2.22. The molecule has 5 heteroatoms. The average Bonchev–Trinajstić information content (AvgIpc) is 2.55. The molecule has 0 spiro atoms. The molecule has 1 aromatic heterocycles. The summed E-state index contributed by atoms with van der Waals surface area (Å²) in [6, 6.07) is 0. The van der Waals surface area contributed by atoms with Crippen LogP contribution in [0.5, 0.6) is 0 Å². The predicted octanol–water partition coefficient (Wildman–Crippen LogP) is 1.43. The standard InChI is InChI=1S/C10H13N3O2/c1-3-7-8(9(14)15)13-5-6(2)4-11-10(13)12-7/h5H,3-4H2,1-2H3,(H,11,12)(H,14,15). The third kappa shape index (κ3) is 1.49. The van der Waals surface area contributed by atoms with Crippen molar-refractivity contribution in [3.63, 3.8) is 0 Å². The van der Waals surface area contributed by atoms with Crippen molar-refractivity contribution < 1.29 is 9.90 Å². The van der Waals surface area contributed by atoms with Gasteiger partial charge >= 0.3 is 5.97 Å². The van der Waals surface area contributed by atoms with Gasteiger partial charge in [0, 0.05) is 12.7 Å². The number of anilines is 1. The van der Waals surface area contributed by atoms with Crippen molar-refractivity contribution in [3.05, 3.63) is 17.0 Å². The summed E-state index contributed by atoms with van der Waals surface area (Å²) in [4.78, 5) is 15.4. The zero-order chi connectivity index (χ0) is 11.0. The van der Waals surface area contributed by atoms with E-state index in [-0.39, 0.29) is 5.69 Å². The highest BCUT2D eigenvalue weighted by atomic mass is 16.4. The Morgan fingerprint density at radius 2 is 2.47 bits per heavy atom. The number of carbonyl (C=O) groups is 1. The van der Waals surface area contributed by atoms with E-state index in [0.29, 0.717) is 18.1 Å². The Kier molecular flexibility index (Phi) is 2.22. The molecule has 0 fully saturated rings. The van der Waals surface area contributed by atoms with Crippen LogP contribution >= 0.6 is 0 Å². The zero-order valence-electron chi connectivity index (χ0n) is 8.74. The van der Waals surface area contributed by atoms with Crippen LogP contribution in [0.25, 0.3) is 6.20 Å². The molecule has 0 radical (unpaired) electrons. The fourth-order valence-electron chi connectivity index (χ4n) is 1.69. The second-order valence-corrected chi connectivity index (χ2v) is 3.59. The van der Waals surface area contributed by atoms with Gasteiger partial charge in [-0.05, 0) is 18.9 Å². The Bertz CT molecular complexity index is 446. The lowest BCUT2D eigenvalue weighted by Crippen LogP contribution is -2.15. The van der Waals surface area contributed by atoms with Crippen LogP contribution < -0.4 is 5.32 Å². The number of hydrogen-bond donors (Lipinski definition) is 2. The third-order valence-corrected chi connectivity index (χ3v) is 2.40. The van der Waals surface area contributed by atoms with Gasteiger partial charge in [0.05, 0.1) is 5.69 Å². The van der Waals surface area contributed by atoms with Crippen molar-refractivity contribution in [1.29, 1.82) is 0 Å². The van der Waals surface area contributed by atoms with Crippen molar-refractivity contribution in [2.45, 2.75) is 20.3 Å². The molecule has 1 aliphatic heterocycles. The molecule has 1 aliphatic rings. The van der Waals surface area contributed by atoms with Crippen molar-refractivity contribution in [2.75, 3.05) is 11.9 Å². The molecule has 0 saturated carbocycles. The van der Waals surface area contributed by atoms with E-state index in [1.807, 2.05) is 20.0 Å². The van der Waals surface area contributed by atoms with E-state index in [2.05, 4.69) is 10.3 Å². The monoisotopic (exact) mass is 207 g/mol. The number of aryl methyl sites for hydroxylation is 1. The van der Waals surface area contributed by atoms with Crippen molar-refractivity contribution in [1.82, 2.24) is 9.55 Å². The normalized spacial score (nSPS) is 14.1. The van der Waals surface area contributed by atoms with Crippen LogP contribution in [-0.2, 0) is 6.42 Å². The van der Waals surface area contributed by atoms with E-state index in [9.17, 15) is 4.79 Å². The van der Waals surface area contributed by atoms with Gasteiger partial charge in [0.1, 0.15) is 0 Å². The van der Waals surface area contributed by atoms with Crippen molar-refractivity contribution >= 4 is 18.1 Å². The van der Waals surface area contributed by atoms with Gasteiger partial charge < -0.3 is 10.4 Å². The fraction of sp³-hybridized carbons (Fsp3) is 0.400. The van der Waals surface area contributed by atoms with E-state index < -0.39 is 5.97 Å². The fourth-order valence-corrected chi connectivity index (χ4v) is 1.69. The number of aromatic nitrogens is 2. The summed E-state index contributed by atoms with van der Waals surface area (Å²) in [5, 5.41) is 12.2. The molecule has 2 N–H and O–H groups in total. The number of nitrogens with zero attached hydrogens (tertiary/aromatic N) is 2. The third-order valence-electron chi connectivity index (χ3n) is 2.40. The van der Waals surface area contributed by atoms with Crippen LogP contribution in [0.3, 0.4) is 0 Å². The second-order valence-electron chi connectivity index (χ2n) is 3.59. The molecular formula is C10H13N3O2. The summed E-state index contributed by atoms with van der Waals surface area (Å²) in [5.74, 6) is -0.312. The minimum atomic E-state index is -0.932. The summed E-state index contributed by atoms with van der Waals surface area (Å²) in [7, 11) is 0. The number of rotatable bonds is 2. The van der Waals surface area contributed by atoms with Gasteiger partial charge in [-0.2, -0.15) is 0 Å². The maximum absolute atomic E-state index is 11.1. The summed E-state index contributed by atoms with van der Waals surface area (Å²) in [6.45, 7) is 4.57. The lowest BCUT2D eigenvalue weighted by atomic mass is 10.2. The molecule has 2 heterocycles. The number of aromatic carboxylic acids is 1. The summed E-state index contributed by atoms with van der Waals surface area (Å²) >= 11 is 0. The van der Waals surface area contributed by atoms with E-state index in [0.717, 1.165) is 12.1 Å². The largest absolute Gasteiger partial charge is 0.477 e. The molecule has 0 saturated heterocycles. The predicted molar refractivity (Wildman–Crippen MR) is 57.0 cm³/mol. The molecule has 0 bridgehead atoms. The van der Waals surface area contributed by atoms with Gasteiger partial charge in [-0.3, -0.25) is 4.57 Å². The van der Waals surface area contributed by atoms with E-state index in [4.69, 9.17) is 5.11 Å². The van der Waals surface area contributed by atoms with Gasteiger partial charge in [-0.1, -0.05) is 6.92 Å². The number of hydrogen-bond acceptors (Lipinski definition) is 3. The number of imidazole rings is 1.